The Hall–Kier alpha value is -0.0400. The summed E-state index contributed by atoms with van der Waals surface area (Å²) in [6.07, 6.45) is 7.18. The van der Waals surface area contributed by atoms with Crippen molar-refractivity contribution in [3.63, 3.8) is 0 Å². The van der Waals surface area contributed by atoms with Gasteiger partial charge in [0.05, 0.1) is 27.7 Å². The zero-order chi connectivity index (χ0) is 14.6. The predicted octanol–water partition coefficient (Wildman–Crippen LogP) is 4.82. The SMILES string of the molecule is CC(CCCC[N+](C)(C)C)CCC1C(C)C(C)C1C. The summed E-state index contributed by atoms with van der Waals surface area (Å²) in [6.45, 7) is 11.1. The van der Waals surface area contributed by atoms with Gasteiger partial charge in [0.15, 0.2) is 0 Å². The second-order valence-electron chi connectivity index (χ2n) is 8.43. The van der Waals surface area contributed by atoms with Crippen molar-refractivity contribution in [3.8, 4) is 0 Å². The van der Waals surface area contributed by atoms with Crippen LogP contribution in [0, 0.1) is 29.6 Å². The largest absolute Gasteiger partial charge is 0.331 e. The van der Waals surface area contributed by atoms with E-state index >= 15 is 0 Å². The lowest BCUT2D eigenvalue weighted by atomic mass is 9.57. The van der Waals surface area contributed by atoms with Gasteiger partial charge in [-0.15, -0.1) is 0 Å². The summed E-state index contributed by atoms with van der Waals surface area (Å²) in [5, 5.41) is 0. The molecule has 0 N–H and O–H groups in total. The van der Waals surface area contributed by atoms with E-state index in [1.807, 2.05) is 0 Å². The molecule has 0 aromatic carbocycles. The Morgan fingerprint density at radius 3 is 1.95 bits per heavy atom. The van der Waals surface area contributed by atoms with Crippen molar-refractivity contribution < 1.29 is 4.48 Å². The zero-order valence-corrected chi connectivity index (χ0v) is 14.6. The first-order valence-corrected chi connectivity index (χ1v) is 8.53. The number of quaternary nitrogens is 1. The molecule has 0 radical (unpaired) electrons. The average molecular weight is 269 g/mol. The maximum Gasteiger partial charge on any atom is 0.0780 e. The monoisotopic (exact) mass is 268 g/mol. The van der Waals surface area contributed by atoms with Gasteiger partial charge in [-0.2, -0.15) is 0 Å². The Kier molecular flexibility index (Phi) is 6.36. The Morgan fingerprint density at radius 1 is 0.842 bits per heavy atom. The highest BCUT2D eigenvalue weighted by Gasteiger charge is 2.41. The Labute approximate surface area is 122 Å². The summed E-state index contributed by atoms with van der Waals surface area (Å²) in [5.41, 5.74) is 0. The summed E-state index contributed by atoms with van der Waals surface area (Å²) in [6, 6.07) is 0. The molecule has 1 nitrogen and oxygen atoms in total. The normalized spacial score (nSPS) is 33.0. The van der Waals surface area contributed by atoms with Crippen LogP contribution < -0.4 is 0 Å². The van der Waals surface area contributed by atoms with E-state index in [2.05, 4.69) is 48.8 Å². The molecule has 0 amide bonds. The molecular weight excluding hydrogens is 230 g/mol. The molecule has 1 fully saturated rings. The standard InChI is InChI=1S/C18H38N/c1-14(10-8-9-13-19(5,6)7)11-12-18-16(3)15(2)17(18)4/h14-18H,8-13H2,1-7H3/q+1. The molecule has 1 saturated carbocycles. The van der Waals surface area contributed by atoms with Gasteiger partial charge in [-0.25, -0.2) is 0 Å². The van der Waals surface area contributed by atoms with Gasteiger partial charge in [0.25, 0.3) is 0 Å². The summed E-state index contributed by atoms with van der Waals surface area (Å²) >= 11 is 0. The van der Waals surface area contributed by atoms with E-state index in [0.29, 0.717) is 0 Å². The van der Waals surface area contributed by atoms with Crippen LogP contribution in [0.2, 0.25) is 0 Å². The van der Waals surface area contributed by atoms with Crippen molar-refractivity contribution in [2.45, 2.75) is 59.8 Å². The maximum absolute atomic E-state index is 2.46. The molecule has 0 heterocycles. The van der Waals surface area contributed by atoms with Crippen LogP contribution in [0.1, 0.15) is 59.8 Å². The van der Waals surface area contributed by atoms with Gasteiger partial charge in [-0.05, 0) is 48.9 Å². The number of nitrogens with zero attached hydrogens (tertiary/aromatic N) is 1. The highest BCUT2D eigenvalue weighted by Crippen LogP contribution is 2.48. The summed E-state index contributed by atoms with van der Waals surface area (Å²) in [7, 11) is 6.89. The van der Waals surface area contributed by atoms with Crippen LogP contribution >= 0.6 is 0 Å². The van der Waals surface area contributed by atoms with E-state index in [-0.39, 0.29) is 0 Å². The quantitative estimate of drug-likeness (QED) is 0.437. The third-order valence-electron chi connectivity index (χ3n) is 5.78. The molecular formula is C18H38N+. The van der Waals surface area contributed by atoms with Gasteiger partial charge >= 0.3 is 0 Å². The van der Waals surface area contributed by atoms with E-state index in [1.165, 1.54) is 38.6 Å². The highest BCUT2D eigenvalue weighted by molar-refractivity contribution is 4.89. The fourth-order valence-corrected chi connectivity index (χ4v) is 3.82. The van der Waals surface area contributed by atoms with Crippen molar-refractivity contribution in [2.75, 3.05) is 27.7 Å². The van der Waals surface area contributed by atoms with E-state index in [9.17, 15) is 0 Å². The highest BCUT2D eigenvalue weighted by atomic mass is 15.3. The third-order valence-corrected chi connectivity index (χ3v) is 5.78. The molecule has 1 aliphatic carbocycles. The minimum Gasteiger partial charge on any atom is -0.331 e. The second-order valence-corrected chi connectivity index (χ2v) is 8.43. The number of unbranched alkanes of at least 4 members (excludes halogenated alkanes) is 1. The van der Waals surface area contributed by atoms with E-state index < -0.39 is 0 Å². The van der Waals surface area contributed by atoms with Crippen LogP contribution in [0.4, 0.5) is 0 Å². The molecule has 1 aliphatic rings. The lowest BCUT2D eigenvalue weighted by Gasteiger charge is -2.48. The minimum atomic E-state index is 0.933. The van der Waals surface area contributed by atoms with E-state index in [0.717, 1.165) is 34.1 Å². The van der Waals surface area contributed by atoms with Crippen LogP contribution in [0.25, 0.3) is 0 Å². The van der Waals surface area contributed by atoms with Gasteiger partial charge in [0.2, 0.25) is 0 Å². The van der Waals surface area contributed by atoms with Gasteiger partial charge in [-0.3, -0.25) is 0 Å². The van der Waals surface area contributed by atoms with Gasteiger partial charge in [0.1, 0.15) is 0 Å². The molecule has 19 heavy (non-hydrogen) atoms. The predicted molar refractivity (Wildman–Crippen MR) is 86.1 cm³/mol. The van der Waals surface area contributed by atoms with Crippen LogP contribution in [0.15, 0.2) is 0 Å². The molecule has 1 heteroatoms. The molecule has 0 aromatic rings. The first-order chi connectivity index (χ1) is 8.72. The van der Waals surface area contributed by atoms with Crippen molar-refractivity contribution in [1.29, 1.82) is 0 Å². The van der Waals surface area contributed by atoms with Gasteiger partial charge in [0, 0.05) is 0 Å². The first kappa shape index (κ1) is 17.0. The van der Waals surface area contributed by atoms with Crippen molar-refractivity contribution in [2.24, 2.45) is 29.6 Å². The Balaban J connectivity index is 2.07. The second kappa shape index (κ2) is 7.11. The van der Waals surface area contributed by atoms with Crippen LogP contribution in [0.3, 0.4) is 0 Å². The third kappa shape index (κ3) is 5.45. The maximum atomic E-state index is 2.46. The smallest absolute Gasteiger partial charge is 0.0780 e. The molecule has 0 spiro atoms. The number of rotatable bonds is 8. The summed E-state index contributed by atoms with van der Waals surface area (Å²) in [4.78, 5) is 0. The number of hydrogen-bond acceptors (Lipinski definition) is 0. The van der Waals surface area contributed by atoms with Gasteiger partial charge < -0.3 is 4.48 Å². The van der Waals surface area contributed by atoms with E-state index in [1.54, 1.807) is 0 Å². The lowest BCUT2D eigenvalue weighted by molar-refractivity contribution is -0.870. The molecule has 0 aromatic heterocycles. The number of hydrogen-bond donors (Lipinski definition) is 0. The molecule has 3 atom stereocenters. The molecule has 114 valence electrons. The van der Waals surface area contributed by atoms with Crippen LogP contribution in [0.5, 0.6) is 0 Å². The fraction of sp³-hybridized carbons (Fsp3) is 1.00. The molecule has 0 bridgehead atoms. The average Bonchev–Trinajstić information content (AvgIpc) is 2.33. The molecule has 3 unspecified atom stereocenters. The first-order valence-electron chi connectivity index (χ1n) is 8.53. The summed E-state index contributed by atoms with van der Waals surface area (Å²) < 4.78 is 1.11. The van der Waals surface area contributed by atoms with Crippen molar-refractivity contribution in [3.05, 3.63) is 0 Å². The van der Waals surface area contributed by atoms with Crippen molar-refractivity contribution in [1.82, 2.24) is 0 Å². The fourth-order valence-electron chi connectivity index (χ4n) is 3.82. The Morgan fingerprint density at radius 2 is 1.42 bits per heavy atom. The van der Waals surface area contributed by atoms with Crippen LogP contribution in [-0.2, 0) is 0 Å². The Bertz CT molecular complexity index is 243. The van der Waals surface area contributed by atoms with Crippen LogP contribution in [-0.4, -0.2) is 32.2 Å². The molecule has 1 rings (SSSR count). The van der Waals surface area contributed by atoms with E-state index in [4.69, 9.17) is 0 Å². The minimum absolute atomic E-state index is 0.933. The topological polar surface area (TPSA) is 0 Å². The van der Waals surface area contributed by atoms with Gasteiger partial charge in [-0.1, -0.05) is 40.5 Å². The van der Waals surface area contributed by atoms with Crippen molar-refractivity contribution >= 4 is 0 Å². The molecule has 0 aliphatic heterocycles. The zero-order valence-electron chi connectivity index (χ0n) is 14.6. The summed E-state index contributed by atoms with van der Waals surface area (Å²) in [5.74, 6) is 4.86. The lowest BCUT2D eigenvalue weighted by Crippen LogP contribution is -2.42. The molecule has 0 saturated heterocycles.